The van der Waals surface area contributed by atoms with Crippen LogP contribution in [0, 0.1) is 6.08 Å². The Hall–Kier alpha value is -1.98. The molecule has 0 heterocycles. The van der Waals surface area contributed by atoms with E-state index in [9.17, 15) is 0 Å². The summed E-state index contributed by atoms with van der Waals surface area (Å²) in [6, 6.07) is 27.8. The number of allylic oxidation sites excluding steroid dienone is 4. The molecule has 0 amide bonds. The maximum absolute atomic E-state index is 3.11. The summed E-state index contributed by atoms with van der Waals surface area (Å²) in [4.78, 5) is 0. The van der Waals surface area contributed by atoms with Gasteiger partial charge in [0.15, 0.2) is 0 Å². The van der Waals surface area contributed by atoms with Crippen molar-refractivity contribution >= 4 is 3.21 Å². The molecule has 150 valence electrons. The SMILES string of the molecule is CCC1=CC[C-]=C1.[Zr+2]=[C](c1ccccc1)c1ccccc1.c1cc2c([cH-]1)CCCC2. The quantitative estimate of drug-likeness (QED) is 0.357. The molecule has 30 heavy (non-hydrogen) atoms. The molecule has 0 radical (unpaired) electrons. The van der Waals surface area contributed by atoms with Crippen LogP contribution in [0.15, 0.2) is 96.6 Å². The van der Waals surface area contributed by atoms with E-state index in [1.54, 1.807) is 11.1 Å². The third-order valence-corrected chi connectivity index (χ3v) is 6.87. The number of aryl methyl sites for hydroxylation is 2. The first-order chi connectivity index (χ1) is 14.8. The number of hydrogen-bond donors (Lipinski definition) is 0. The van der Waals surface area contributed by atoms with Gasteiger partial charge in [-0.15, -0.1) is 6.42 Å². The second kappa shape index (κ2) is 12.7. The van der Waals surface area contributed by atoms with Crippen molar-refractivity contribution in [2.75, 3.05) is 0 Å². The van der Waals surface area contributed by atoms with Crippen molar-refractivity contribution in [2.45, 2.75) is 45.4 Å². The molecule has 0 aromatic heterocycles. The average Bonchev–Trinajstić information content (AvgIpc) is 3.52. The van der Waals surface area contributed by atoms with Crippen molar-refractivity contribution in [3.05, 3.63) is 125 Å². The van der Waals surface area contributed by atoms with E-state index in [1.165, 1.54) is 69.8 Å². The van der Waals surface area contributed by atoms with Crippen LogP contribution < -0.4 is 0 Å². The minimum atomic E-state index is 1.03. The van der Waals surface area contributed by atoms with Gasteiger partial charge in [0.1, 0.15) is 0 Å². The molecule has 0 N–H and O–H groups in total. The molecule has 5 rings (SSSR count). The van der Waals surface area contributed by atoms with E-state index in [4.69, 9.17) is 0 Å². The van der Waals surface area contributed by atoms with E-state index >= 15 is 0 Å². The van der Waals surface area contributed by atoms with Crippen LogP contribution in [0.3, 0.4) is 0 Å². The van der Waals surface area contributed by atoms with Crippen molar-refractivity contribution < 1.29 is 24.2 Å². The van der Waals surface area contributed by atoms with Gasteiger partial charge in [-0.05, 0) is 0 Å². The smallest absolute Gasteiger partial charge is 0.0512 e. The van der Waals surface area contributed by atoms with Crippen molar-refractivity contribution in [2.24, 2.45) is 0 Å². The summed E-state index contributed by atoms with van der Waals surface area (Å²) in [5.41, 5.74) is 7.29. The Morgan fingerprint density at radius 2 is 1.53 bits per heavy atom. The minimum absolute atomic E-state index is 1.03. The van der Waals surface area contributed by atoms with Gasteiger partial charge in [-0.1, -0.05) is 39.0 Å². The zero-order valence-electron chi connectivity index (χ0n) is 17.9. The van der Waals surface area contributed by atoms with E-state index < -0.39 is 0 Å². The minimum Gasteiger partial charge on any atom is -0.210 e. The normalized spacial score (nSPS) is 13.9. The van der Waals surface area contributed by atoms with Crippen LogP contribution in [-0.4, -0.2) is 3.21 Å². The van der Waals surface area contributed by atoms with Crippen LogP contribution in [0.1, 0.15) is 54.9 Å². The van der Waals surface area contributed by atoms with Crippen LogP contribution in [0.5, 0.6) is 0 Å². The van der Waals surface area contributed by atoms with Crippen LogP contribution in [-0.2, 0) is 37.1 Å². The summed E-state index contributed by atoms with van der Waals surface area (Å²) in [5, 5.41) is 0. The number of benzene rings is 2. The van der Waals surface area contributed by atoms with Crippen molar-refractivity contribution in [3.63, 3.8) is 0 Å². The summed E-state index contributed by atoms with van der Waals surface area (Å²) in [6.07, 6.45) is 15.0. The largest absolute Gasteiger partial charge is 0.210 e. The first kappa shape index (κ1) is 22.7. The molecule has 0 aliphatic heterocycles. The summed E-state index contributed by atoms with van der Waals surface area (Å²) in [7, 11) is 0. The van der Waals surface area contributed by atoms with Gasteiger partial charge < -0.3 is 0 Å². The molecule has 0 bridgehead atoms. The van der Waals surface area contributed by atoms with Gasteiger partial charge in [0.2, 0.25) is 0 Å². The molecule has 0 saturated carbocycles. The van der Waals surface area contributed by atoms with Gasteiger partial charge in [-0.2, -0.15) is 29.3 Å². The fourth-order valence-corrected chi connectivity index (χ4v) is 4.49. The zero-order valence-corrected chi connectivity index (χ0v) is 20.4. The summed E-state index contributed by atoms with van der Waals surface area (Å²) in [6.45, 7) is 2.16. The fourth-order valence-electron chi connectivity index (χ4n) is 3.67. The monoisotopic (exact) mass is 468 g/mol. The standard InChI is InChI=1S/C13H10.C9H11.C7H9.Zr/c1-3-7-12(8-4-1)11-13-9-5-2-6-10-13;1-2-5-9-7-3-6-8(9)4-1;1-2-7-5-3-4-6-7;/h1-10H;3,6-7H,1-2,4-5H2;5-6H,2-3H2,1H3;/q;2*-1;+2. The molecule has 1 heteroatoms. The van der Waals surface area contributed by atoms with Crippen LogP contribution in [0.25, 0.3) is 0 Å². The Morgan fingerprint density at radius 1 is 0.900 bits per heavy atom. The number of fused-ring (bicyclic) bond motifs is 1. The Labute approximate surface area is 197 Å². The van der Waals surface area contributed by atoms with E-state index in [2.05, 4.69) is 104 Å². The molecule has 0 saturated heterocycles. The molecule has 3 aromatic carbocycles. The molecule has 0 nitrogen and oxygen atoms in total. The Bertz CT molecular complexity index is 896. The Kier molecular flexibility index (Phi) is 9.58. The topological polar surface area (TPSA) is 0 Å². The van der Waals surface area contributed by atoms with Crippen LogP contribution >= 0.6 is 0 Å². The molecular weight excluding hydrogens is 440 g/mol. The molecule has 0 atom stereocenters. The predicted octanol–water partition coefficient (Wildman–Crippen LogP) is 7.17. The summed E-state index contributed by atoms with van der Waals surface area (Å²) >= 11 is 1.46. The molecular formula is C29H30Zr. The van der Waals surface area contributed by atoms with Crippen molar-refractivity contribution in [1.82, 2.24) is 0 Å². The van der Waals surface area contributed by atoms with Crippen molar-refractivity contribution in [3.8, 4) is 0 Å². The second-order valence-corrected chi connectivity index (χ2v) is 8.80. The van der Waals surface area contributed by atoms with E-state index in [-0.39, 0.29) is 0 Å². The van der Waals surface area contributed by atoms with Crippen LogP contribution in [0.2, 0.25) is 0 Å². The second-order valence-electron chi connectivity index (χ2n) is 7.58. The van der Waals surface area contributed by atoms with Crippen molar-refractivity contribution in [1.29, 1.82) is 0 Å². The molecule has 2 aliphatic carbocycles. The summed E-state index contributed by atoms with van der Waals surface area (Å²) < 4.78 is 1.42. The molecule has 0 spiro atoms. The van der Waals surface area contributed by atoms with Gasteiger partial charge in [-0.3, -0.25) is 6.08 Å². The third-order valence-electron chi connectivity index (χ3n) is 5.45. The van der Waals surface area contributed by atoms with E-state index in [0.717, 1.165) is 12.8 Å². The third kappa shape index (κ3) is 7.07. The number of rotatable bonds is 3. The molecule has 0 fully saturated rings. The maximum Gasteiger partial charge on any atom is -0.0512 e. The van der Waals surface area contributed by atoms with Gasteiger partial charge in [0, 0.05) is 0 Å². The Morgan fingerprint density at radius 3 is 2.03 bits per heavy atom. The molecule has 0 unspecified atom stereocenters. The van der Waals surface area contributed by atoms with Gasteiger partial charge in [0.05, 0.1) is 0 Å². The van der Waals surface area contributed by atoms with Crippen LogP contribution in [0.4, 0.5) is 0 Å². The predicted molar refractivity (Wildman–Crippen MR) is 126 cm³/mol. The maximum atomic E-state index is 3.11. The average molecular weight is 470 g/mol. The van der Waals surface area contributed by atoms with Gasteiger partial charge in [-0.25, -0.2) is 17.7 Å². The van der Waals surface area contributed by atoms with E-state index in [1.807, 2.05) is 0 Å². The fraction of sp³-hybridized carbons (Fsp3) is 0.241. The van der Waals surface area contributed by atoms with E-state index in [0.29, 0.717) is 0 Å². The number of hydrogen-bond acceptors (Lipinski definition) is 0. The zero-order chi connectivity index (χ0) is 21.0. The first-order valence-corrected chi connectivity index (χ1v) is 12.2. The molecule has 3 aromatic rings. The summed E-state index contributed by atoms with van der Waals surface area (Å²) in [5.74, 6) is 0. The van der Waals surface area contributed by atoms with Gasteiger partial charge in [0.25, 0.3) is 0 Å². The Balaban J connectivity index is 0.000000137. The first-order valence-electron chi connectivity index (χ1n) is 11.0. The molecule has 2 aliphatic rings. The van der Waals surface area contributed by atoms with Gasteiger partial charge >= 0.3 is 99.2 Å².